The Hall–Kier alpha value is -7.78. The number of nitrogens with zero attached hydrogens (tertiary/aromatic N) is 1. The molecule has 2 heteroatoms. The van der Waals surface area contributed by atoms with Gasteiger partial charge in [0.05, 0.1) is 5.69 Å². The third-order valence-electron chi connectivity index (χ3n) is 15.7. The van der Waals surface area contributed by atoms with Gasteiger partial charge in [0.15, 0.2) is 0 Å². The number of anilines is 3. The zero-order chi connectivity index (χ0) is 45.5. The summed E-state index contributed by atoms with van der Waals surface area (Å²) in [4.78, 5) is 2.54. The van der Waals surface area contributed by atoms with Crippen LogP contribution in [0.1, 0.15) is 49.9 Å². The normalized spacial score (nSPS) is 14.1. The summed E-state index contributed by atoms with van der Waals surface area (Å²) in [5.74, 6) is 0. The van der Waals surface area contributed by atoms with Crippen molar-refractivity contribution in [3.8, 4) is 44.5 Å². The third-order valence-corrected chi connectivity index (χ3v) is 16.8. The lowest BCUT2D eigenvalue weighted by Gasteiger charge is -2.31. The van der Waals surface area contributed by atoms with Gasteiger partial charge in [-0.1, -0.05) is 191 Å². The molecular weight excluding hydrogens is 839 g/mol. The van der Waals surface area contributed by atoms with Crippen LogP contribution in [-0.2, 0) is 10.8 Å². The molecule has 0 unspecified atom stereocenters. The maximum atomic E-state index is 2.54. The van der Waals surface area contributed by atoms with Crippen LogP contribution < -0.4 is 4.90 Å². The fraction of sp³-hybridized carbons (Fsp3) is 0.0909. The number of rotatable bonds is 5. The van der Waals surface area contributed by atoms with E-state index in [0.29, 0.717) is 0 Å². The summed E-state index contributed by atoms with van der Waals surface area (Å²) in [7, 11) is 0. The van der Waals surface area contributed by atoms with Gasteiger partial charge in [-0.2, -0.15) is 0 Å². The van der Waals surface area contributed by atoms with Crippen molar-refractivity contribution >= 4 is 80.9 Å². The molecule has 1 heterocycles. The first kappa shape index (κ1) is 39.4. The van der Waals surface area contributed by atoms with Crippen molar-refractivity contribution in [3.63, 3.8) is 0 Å². The molecule has 11 aromatic carbocycles. The van der Waals surface area contributed by atoms with Gasteiger partial charge in [0.2, 0.25) is 0 Å². The number of benzene rings is 11. The molecule has 0 N–H and O–H groups in total. The van der Waals surface area contributed by atoms with Crippen LogP contribution >= 0.6 is 11.3 Å². The molecule has 12 aromatic rings. The van der Waals surface area contributed by atoms with Crippen molar-refractivity contribution in [2.24, 2.45) is 0 Å². The van der Waals surface area contributed by atoms with Gasteiger partial charge in [0.25, 0.3) is 0 Å². The number of thiophene rings is 1. The number of hydrogen-bond acceptors (Lipinski definition) is 2. The van der Waals surface area contributed by atoms with E-state index in [1.54, 1.807) is 0 Å². The van der Waals surface area contributed by atoms with Gasteiger partial charge in [-0.15, -0.1) is 11.3 Å². The third kappa shape index (κ3) is 5.50. The molecule has 0 radical (unpaired) electrons. The fourth-order valence-electron chi connectivity index (χ4n) is 12.4. The molecule has 0 saturated carbocycles. The Balaban J connectivity index is 1.00. The topological polar surface area (TPSA) is 3.24 Å². The minimum absolute atomic E-state index is 0.140. The molecule has 0 atom stereocenters. The van der Waals surface area contributed by atoms with Crippen LogP contribution in [0.3, 0.4) is 0 Å². The zero-order valence-corrected chi connectivity index (χ0v) is 39.4. The van der Waals surface area contributed by atoms with Crippen LogP contribution in [0.2, 0.25) is 0 Å². The second kappa shape index (κ2) is 14.4. The largest absolute Gasteiger partial charge is 0.310 e. The molecule has 0 spiro atoms. The molecule has 0 saturated heterocycles. The first-order valence-electron chi connectivity index (χ1n) is 23.9. The molecule has 1 aromatic heterocycles. The SMILES string of the molecule is CC1(C)c2ccccc2-c2ccc(N(c3ccc4c(c3)C(C)(C)c3ccccc3-4)c3ccc(-c4c5ccccc5c(-c5ccc6sc7ccccc7c6c5)c5ccccc45)c4ccccc34)cc21. The standard InChI is InChI=1S/C66H47NS/c1-65(2)56-26-14-11-18-44(56)46-32-30-41(38-58(46)65)67(42-31-33-47-45-19-12-15-27-57(45)66(3,4)59(47)39-42)60-35-34-54(43-17-5-6-20-48(43)60)64-52-24-9-7-22-50(52)63(51-23-8-10-25-53(51)64)40-29-36-62-55(37-40)49-21-13-16-28-61(49)68-62/h5-39H,1-4H3. The van der Waals surface area contributed by atoms with E-state index in [4.69, 9.17) is 0 Å². The maximum absolute atomic E-state index is 2.54. The smallest absolute Gasteiger partial charge is 0.0540 e. The lowest BCUT2D eigenvalue weighted by atomic mass is 9.82. The van der Waals surface area contributed by atoms with Gasteiger partial charge >= 0.3 is 0 Å². The van der Waals surface area contributed by atoms with Crippen LogP contribution in [-0.4, -0.2) is 0 Å². The van der Waals surface area contributed by atoms with E-state index in [9.17, 15) is 0 Å². The van der Waals surface area contributed by atoms with E-state index in [1.807, 2.05) is 11.3 Å². The predicted molar refractivity (Wildman–Crippen MR) is 293 cm³/mol. The van der Waals surface area contributed by atoms with E-state index in [-0.39, 0.29) is 10.8 Å². The Kier molecular flexibility index (Phi) is 8.32. The summed E-state index contributed by atoms with van der Waals surface area (Å²) in [6.45, 7) is 9.53. The molecule has 0 amide bonds. The summed E-state index contributed by atoms with van der Waals surface area (Å²) < 4.78 is 2.65. The van der Waals surface area contributed by atoms with E-state index in [2.05, 4.69) is 245 Å². The van der Waals surface area contributed by atoms with Gasteiger partial charge < -0.3 is 4.90 Å². The van der Waals surface area contributed by atoms with Crippen molar-refractivity contribution in [1.29, 1.82) is 0 Å². The molecule has 14 rings (SSSR count). The summed E-state index contributed by atoms with van der Waals surface area (Å²) in [5.41, 5.74) is 19.0. The highest BCUT2D eigenvalue weighted by atomic mass is 32.1. The molecule has 2 aliphatic rings. The Labute approximate surface area is 401 Å². The van der Waals surface area contributed by atoms with Gasteiger partial charge in [0, 0.05) is 47.8 Å². The van der Waals surface area contributed by atoms with Gasteiger partial charge in [0.1, 0.15) is 0 Å². The van der Waals surface area contributed by atoms with Crippen molar-refractivity contribution < 1.29 is 0 Å². The second-order valence-corrected chi connectivity index (χ2v) is 21.0. The fourth-order valence-corrected chi connectivity index (χ4v) is 13.5. The molecule has 2 aliphatic carbocycles. The monoisotopic (exact) mass is 885 g/mol. The van der Waals surface area contributed by atoms with Crippen LogP contribution in [0.15, 0.2) is 212 Å². The Morgan fingerprint density at radius 2 is 0.750 bits per heavy atom. The summed E-state index contributed by atoms with van der Waals surface area (Å²) >= 11 is 1.88. The van der Waals surface area contributed by atoms with Gasteiger partial charge in [-0.3, -0.25) is 0 Å². The van der Waals surface area contributed by atoms with Crippen LogP contribution in [0.25, 0.3) is 97.0 Å². The average Bonchev–Trinajstić information content (AvgIpc) is 3.95. The minimum Gasteiger partial charge on any atom is -0.310 e. The van der Waals surface area contributed by atoms with Crippen LogP contribution in [0, 0.1) is 0 Å². The highest BCUT2D eigenvalue weighted by Crippen LogP contribution is 2.55. The Morgan fingerprint density at radius 1 is 0.309 bits per heavy atom. The second-order valence-electron chi connectivity index (χ2n) is 20.0. The number of fused-ring (bicyclic) bond motifs is 12. The van der Waals surface area contributed by atoms with E-state index in [1.165, 1.54) is 119 Å². The Bertz CT molecular complexity index is 3940. The highest BCUT2D eigenvalue weighted by molar-refractivity contribution is 7.25. The minimum atomic E-state index is -0.140. The van der Waals surface area contributed by atoms with Crippen molar-refractivity contribution in [2.75, 3.05) is 4.90 Å². The molecular formula is C66H47NS. The zero-order valence-electron chi connectivity index (χ0n) is 38.6. The highest BCUT2D eigenvalue weighted by Gasteiger charge is 2.38. The summed E-state index contributed by atoms with van der Waals surface area (Å²) in [5, 5.41) is 10.1. The van der Waals surface area contributed by atoms with E-state index >= 15 is 0 Å². The molecule has 0 aliphatic heterocycles. The average molecular weight is 886 g/mol. The molecule has 0 fully saturated rings. The molecule has 68 heavy (non-hydrogen) atoms. The lowest BCUT2D eigenvalue weighted by Crippen LogP contribution is -2.18. The quantitative estimate of drug-likeness (QED) is 0.156. The molecule has 322 valence electrons. The van der Waals surface area contributed by atoms with E-state index < -0.39 is 0 Å². The first-order chi connectivity index (χ1) is 33.3. The molecule has 1 nitrogen and oxygen atoms in total. The predicted octanol–water partition coefficient (Wildman–Crippen LogP) is 18.9. The maximum Gasteiger partial charge on any atom is 0.0540 e. The van der Waals surface area contributed by atoms with Gasteiger partial charge in [-0.05, 0) is 142 Å². The van der Waals surface area contributed by atoms with Gasteiger partial charge in [-0.25, -0.2) is 0 Å². The Morgan fingerprint density at radius 3 is 1.34 bits per heavy atom. The van der Waals surface area contributed by atoms with Crippen molar-refractivity contribution in [3.05, 3.63) is 235 Å². The van der Waals surface area contributed by atoms with Crippen LogP contribution in [0.5, 0.6) is 0 Å². The van der Waals surface area contributed by atoms with Crippen molar-refractivity contribution in [1.82, 2.24) is 0 Å². The van der Waals surface area contributed by atoms with E-state index in [0.717, 1.165) is 17.1 Å². The van der Waals surface area contributed by atoms with Crippen molar-refractivity contribution in [2.45, 2.75) is 38.5 Å². The van der Waals surface area contributed by atoms with Crippen LogP contribution in [0.4, 0.5) is 17.1 Å². The number of hydrogen-bond donors (Lipinski definition) is 0. The molecule has 0 bridgehead atoms. The summed E-state index contributed by atoms with van der Waals surface area (Å²) in [6.07, 6.45) is 0. The summed E-state index contributed by atoms with van der Waals surface area (Å²) in [6, 6.07) is 80.2. The first-order valence-corrected chi connectivity index (χ1v) is 24.7. The lowest BCUT2D eigenvalue weighted by molar-refractivity contribution is 0.660.